The maximum Gasteiger partial charge on any atom is 0.228 e. The standard InChI is InChI=1S/C18H21N3O3/c22-18(10-15-6-8-24-19-15)21-12-16-17(13-21)23-9-7-20(16)11-14-4-2-1-3-5-14/h1-6,8,16-17H,7,9-13H2/t16-,17+/m0/s1. The Kier molecular flexibility index (Phi) is 4.32. The number of ether oxygens (including phenoxy) is 1. The van der Waals surface area contributed by atoms with Gasteiger partial charge in [0.15, 0.2) is 0 Å². The van der Waals surface area contributed by atoms with Gasteiger partial charge in [-0.05, 0) is 5.56 Å². The molecule has 2 aliphatic heterocycles. The Morgan fingerprint density at radius 1 is 1.21 bits per heavy atom. The van der Waals surface area contributed by atoms with Gasteiger partial charge in [0.2, 0.25) is 5.91 Å². The number of rotatable bonds is 4. The molecular formula is C18H21N3O3. The summed E-state index contributed by atoms with van der Waals surface area (Å²) in [7, 11) is 0. The number of amides is 1. The van der Waals surface area contributed by atoms with Crippen LogP contribution in [0.4, 0.5) is 0 Å². The minimum absolute atomic E-state index is 0.0848. The van der Waals surface area contributed by atoms with E-state index in [4.69, 9.17) is 9.26 Å². The second-order valence-electron chi connectivity index (χ2n) is 6.40. The van der Waals surface area contributed by atoms with E-state index >= 15 is 0 Å². The molecule has 0 bridgehead atoms. The molecule has 2 fully saturated rings. The van der Waals surface area contributed by atoms with Gasteiger partial charge in [-0.1, -0.05) is 35.5 Å². The van der Waals surface area contributed by atoms with E-state index in [9.17, 15) is 4.79 Å². The van der Waals surface area contributed by atoms with Gasteiger partial charge in [-0.2, -0.15) is 0 Å². The summed E-state index contributed by atoms with van der Waals surface area (Å²) >= 11 is 0. The van der Waals surface area contributed by atoms with E-state index in [-0.39, 0.29) is 24.5 Å². The molecule has 0 radical (unpaired) electrons. The van der Waals surface area contributed by atoms with Gasteiger partial charge >= 0.3 is 0 Å². The summed E-state index contributed by atoms with van der Waals surface area (Å²) in [4.78, 5) is 16.8. The third-order valence-electron chi connectivity index (χ3n) is 4.82. The lowest BCUT2D eigenvalue weighted by Gasteiger charge is -2.36. The zero-order valence-corrected chi connectivity index (χ0v) is 13.5. The van der Waals surface area contributed by atoms with E-state index in [2.05, 4.69) is 34.3 Å². The van der Waals surface area contributed by atoms with Crippen LogP contribution in [-0.2, 0) is 22.5 Å². The zero-order chi connectivity index (χ0) is 16.4. The summed E-state index contributed by atoms with van der Waals surface area (Å²) in [5.74, 6) is 0.0848. The number of carbonyl (C=O) groups excluding carboxylic acids is 1. The number of hydrogen-bond donors (Lipinski definition) is 0. The molecule has 2 aliphatic rings. The van der Waals surface area contributed by atoms with E-state index in [1.165, 1.54) is 11.8 Å². The molecule has 126 valence electrons. The molecule has 4 rings (SSSR count). The molecule has 24 heavy (non-hydrogen) atoms. The first kappa shape index (κ1) is 15.4. The first-order valence-corrected chi connectivity index (χ1v) is 8.36. The molecule has 2 aromatic rings. The molecule has 0 unspecified atom stereocenters. The average Bonchev–Trinajstić information content (AvgIpc) is 3.25. The van der Waals surface area contributed by atoms with Gasteiger partial charge in [-0.25, -0.2) is 0 Å². The predicted molar refractivity (Wildman–Crippen MR) is 87.2 cm³/mol. The van der Waals surface area contributed by atoms with E-state index in [1.807, 2.05) is 11.0 Å². The number of fused-ring (bicyclic) bond motifs is 1. The van der Waals surface area contributed by atoms with E-state index in [0.29, 0.717) is 18.8 Å². The van der Waals surface area contributed by atoms with E-state index < -0.39 is 0 Å². The lowest BCUT2D eigenvalue weighted by molar-refractivity contribution is -0.130. The molecule has 2 atom stereocenters. The van der Waals surface area contributed by atoms with Gasteiger partial charge in [0.05, 0.1) is 30.9 Å². The van der Waals surface area contributed by atoms with Crippen LogP contribution >= 0.6 is 0 Å². The van der Waals surface area contributed by atoms with Crippen LogP contribution in [-0.4, -0.2) is 59.3 Å². The number of nitrogens with zero attached hydrogens (tertiary/aromatic N) is 3. The summed E-state index contributed by atoms with van der Waals surface area (Å²) in [6.45, 7) is 3.90. The van der Waals surface area contributed by atoms with Gasteiger partial charge in [0.25, 0.3) is 0 Å². The monoisotopic (exact) mass is 327 g/mol. The van der Waals surface area contributed by atoms with Crippen molar-refractivity contribution in [1.29, 1.82) is 0 Å². The molecule has 2 saturated heterocycles. The van der Waals surface area contributed by atoms with Crippen LogP contribution in [0.3, 0.4) is 0 Å². The predicted octanol–water partition coefficient (Wildman–Crippen LogP) is 1.33. The molecule has 0 N–H and O–H groups in total. The van der Waals surface area contributed by atoms with Gasteiger partial charge in [-0.15, -0.1) is 0 Å². The number of benzene rings is 1. The first-order valence-electron chi connectivity index (χ1n) is 8.36. The fourth-order valence-electron chi connectivity index (χ4n) is 3.57. The normalized spacial score (nSPS) is 24.1. The highest BCUT2D eigenvalue weighted by Crippen LogP contribution is 2.25. The van der Waals surface area contributed by atoms with Crippen LogP contribution in [0.25, 0.3) is 0 Å². The van der Waals surface area contributed by atoms with Crippen molar-refractivity contribution in [1.82, 2.24) is 15.0 Å². The van der Waals surface area contributed by atoms with E-state index in [0.717, 1.165) is 19.7 Å². The van der Waals surface area contributed by atoms with Crippen molar-refractivity contribution in [3.63, 3.8) is 0 Å². The zero-order valence-electron chi connectivity index (χ0n) is 13.5. The first-order chi connectivity index (χ1) is 11.8. The molecule has 1 amide bonds. The van der Waals surface area contributed by atoms with Crippen molar-refractivity contribution in [2.45, 2.75) is 25.1 Å². The van der Waals surface area contributed by atoms with Crippen LogP contribution in [0.5, 0.6) is 0 Å². The lowest BCUT2D eigenvalue weighted by atomic mass is 10.1. The molecule has 6 heteroatoms. The average molecular weight is 327 g/mol. The van der Waals surface area contributed by atoms with Gasteiger partial charge in [-0.3, -0.25) is 9.69 Å². The Morgan fingerprint density at radius 3 is 2.88 bits per heavy atom. The maximum absolute atomic E-state index is 12.5. The minimum Gasteiger partial charge on any atom is -0.373 e. The van der Waals surface area contributed by atoms with Crippen molar-refractivity contribution in [3.8, 4) is 0 Å². The Hall–Kier alpha value is -2.18. The fourth-order valence-corrected chi connectivity index (χ4v) is 3.57. The molecule has 1 aromatic carbocycles. The highest BCUT2D eigenvalue weighted by atomic mass is 16.5. The second-order valence-corrected chi connectivity index (χ2v) is 6.40. The number of likely N-dealkylation sites (tertiary alicyclic amines) is 1. The van der Waals surface area contributed by atoms with Gasteiger partial charge < -0.3 is 14.2 Å². The number of morpholine rings is 1. The SMILES string of the molecule is O=C(Cc1ccon1)N1C[C@H]2OCCN(Cc3ccccc3)[C@H]2C1. The molecule has 1 aromatic heterocycles. The quantitative estimate of drug-likeness (QED) is 0.848. The Morgan fingerprint density at radius 2 is 2.08 bits per heavy atom. The van der Waals surface area contributed by atoms with Crippen LogP contribution in [0.15, 0.2) is 47.2 Å². The number of aromatic nitrogens is 1. The summed E-state index contributed by atoms with van der Waals surface area (Å²) in [6.07, 6.45) is 1.88. The summed E-state index contributed by atoms with van der Waals surface area (Å²) < 4.78 is 10.7. The summed E-state index contributed by atoms with van der Waals surface area (Å²) in [6, 6.07) is 12.5. The minimum atomic E-state index is 0.0848. The Balaban J connectivity index is 1.41. The van der Waals surface area contributed by atoms with Gasteiger partial charge in [0, 0.05) is 32.2 Å². The molecule has 3 heterocycles. The summed E-state index contributed by atoms with van der Waals surface area (Å²) in [5, 5.41) is 3.82. The molecule has 6 nitrogen and oxygen atoms in total. The van der Waals surface area contributed by atoms with Gasteiger partial charge in [0.1, 0.15) is 6.26 Å². The highest BCUT2D eigenvalue weighted by molar-refractivity contribution is 5.78. The second kappa shape index (κ2) is 6.75. The largest absolute Gasteiger partial charge is 0.373 e. The molecular weight excluding hydrogens is 306 g/mol. The number of hydrogen-bond acceptors (Lipinski definition) is 5. The smallest absolute Gasteiger partial charge is 0.228 e. The topological polar surface area (TPSA) is 58.8 Å². The lowest BCUT2D eigenvalue weighted by Crippen LogP contribution is -2.50. The van der Waals surface area contributed by atoms with Crippen LogP contribution in [0, 0.1) is 0 Å². The van der Waals surface area contributed by atoms with Crippen molar-refractivity contribution < 1.29 is 14.1 Å². The van der Waals surface area contributed by atoms with E-state index in [1.54, 1.807) is 6.07 Å². The number of carbonyl (C=O) groups is 1. The molecule has 0 saturated carbocycles. The van der Waals surface area contributed by atoms with Crippen LogP contribution < -0.4 is 0 Å². The maximum atomic E-state index is 12.5. The van der Waals surface area contributed by atoms with Crippen molar-refractivity contribution in [3.05, 3.63) is 53.9 Å². The fraction of sp³-hybridized carbons (Fsp3) is 0.444. The van der Waals surface area contributed by atoms with Crippen molar-refractivity contribution in [2.75, 3.05) is 26.2 Å². The summed E-state index contributed by atoms with van der Waals surface area (Å²) in [5.41, 5.74) is 1.97. The Bertz CT molecular complexity index is 674. The third kappa shape index (κ3) is 3.20. The van der Waals surface area contributed by atoms with Crippen LogP contribution in [0.1, 0.15) is 11.3 Å². The van der Waals surface area contributed by atoms with Crippen molar-refractivity contribution in [2.24, 2.45) is 0 Å². The highest BCUT2D eigenvalue weighted by Gasteiger charge is 2.41. The third-order valence-corrected chi connectivity index (χ3v) is 4.82. The van der Waals surface area contributed by atoms with Crippen LogP contribution in [0.2, 0.25) is 0 Å². The molecule has 0 aliphatic carbocycles. The Labute approximate surface area is 141 Å². The van der Waals surface area contributed by atoms with Crippen molar-refractivity contribution >= 4 is 5.91 Å². The molecule has 0 spiro atoms.